The molecule has 5 heteroatoms. The van der Waals surface area contributed by atoms with E-state index >= 15 is 0 Å². The number of hydrogen-bond acceptors (Lipinski definition) is 2. The Morgan fingerprint density at radius 3 is 2.42 bits per heavy atom. The lowest BCUT2D eigenvalue weighted by Gasteiger charge is -2.22. The molecule has 2 rings (SSSR count). The van der Waals surface area contributed by atoms with Gasteiger partial charge in [-0.2, -0.15) is 0 Å². The minimum Gasteiger partial charge on any atom is -0.384 e. The van der Waals surface area contributed by atoms with Crippen molar-refractivity contribution in [3.63, 3.8) is 0 Å². The van der Waals surface area contributed by atoms with Crippen LogP contribution in [0.5, 0.6) is 0 Å². The highest BCUT2D eigenvalue weighted by Gasteiger charge is 2.12. The molecule has 0 bridgehead atoms. The largest absolute Gasteiger partial charge is 0.384 e. The Morgan fingerprint density at radius 2 is 1.84 bits per heavy atom. The molecule has 0 saturated heterocycles. The minimum atomic E-state index is -0.279. The number of amidine groups is 1. The maximum atomic E-state index is 12.9. The summed E-state index contributed by atoms with van der Waals surface area (Å²) in [6.45, 7) is 0. The van der Waals surface area contributed by atoms with Gasteiger partial charge in [-0.3, -0.25) is 5.41 Å². The number of rotatable bonds is 3. The van der Waals surface area contributed by atoms with Gasteiger partial charge in [-0.25, -0.2) is 4.39 Å². The Balaban J connectivity index is 2.48. The SMILES string of the molecule is CN(c1ccc(F)cc1)c1cc(Br)ccc1C(=N)N. The van der Waals surface area contributed by atoms with Crippen LogP contribution in [-0.2, 0) is 0 Å². The quantitative estimate of drug-likeness (QED) is 0.669. The van der Waals surface area contributed by atoms with Gasteiger partial charge in [0.15, 0.2) is 0 Å². The van der Waals surface area contributed by atoms with Gasteiger partial charge in [0.05, 0.1) is 5.69 Å². The number of nitrogens with one attached hydrogen (secondary N) is 1. The summed E-state index contributed by atoms with van der Waals surface area (Å²) >= 11 is 3.40. The molecule has 19 heavy (non-hydrogen) atoms. The Kier molecular flexibility index (Phi) is 3.85. The lowest BCUT2D eigenvalue weighted by molar-refractivity contribution is 0.628. The van der Waals surface area contributed by atoms with Crippen LogP contribution in [0.1, 0.15) is 5.56 Å². The molecule has 2 aromatic rings. The van der Waals surface area contributed by atoms with E-state index in [1.54, 1.807) is 18.2 Å². The molecule has 2 aromatic carbocycles. The first kappa shape index (κ1) is 13.5. The zero-order chi connectivity index (χ0) is 14.0. The zero-order valence-electron chi connectivity index (χ0n) is 10.3. The van der Waals surface area contributed by atoms with E-state index in [9.17, 15) is 4.39 Å². The summed E-state index contributed by atoms with van der Waals surface area (Å²) in [6.07, 6.45) is 0. The molecule has 0 aliphatic rings. The van der Waals surface area contributed by atoms with E-state index in [0.29, 0.717) is 5.56 Å². The summed E-state index contributed by atoms with van der Waals surface area (Å²) in [7, 11) is 1.85. The predicted molar refractivity (Wildman–Crippen MR) is 79.6 cm³/mol. The molecule has 0 radical (unpaired) electrons. The number of nitrogen functional groups attached to an aromatic ring is 1. The van der Waals surface area contributed by atoms with Gasteiger partial charge in [0, 0.05) is 22.8 Å². The second-order valence-corrected chi connectivity index (χ2v) is 5.03. The second-order valence-electron chi connectivity index (χ2n) is 4.11. The number of halogens is 2. The third-order valence-electron chi connectivity index (χ3n) is 2.83. The summed E-state index contributed by atoms with van der Waals surface area (Å²) < 4.78 is 13.8. The first-order valence-corrected chi connectivity index (χ1v) is 6.41. The lowest BCUT2D eigenvalue weighted by Crippen LogP contribution is -2.18. The van der Waals surface area contributed by atoms with Crippen LogP contribution in [0, 0.1) is 11.2 Å². The summed E-state index contributed by atoms with van der Waals surface area (Å²) in [5.74, 6) is -0.283. The summed E-state index contributed by atoms with van der Waals surface area (Å²) in [6, 6.07) is 11.6. The molecule has 3 N–H and O–H groups in total. The number of nitrogens with zero attached hydrogens (tertiary/aromatic N) is 1. The van der Waals surface area contributed by atoms with Crippen molar-refractivity contribution in [2.24, 2.45) is 5.73 Å². The standard InChI is InChI=1S/C14H13BrFN3/c1-19(11-5-3-10(16)4-6-11)13-8-9(15)2-7-12(13)14(17)18/h2-8H,1H3,(H3,17,18). The summed E-state index contributed by atoms with van der Waals surface area (Å²) in [5, 5.41) is 7.61. The average Bonchev–Trinajstić information content (AvgIpc) is 2.38. The van der Waals surface area contributed by atoms with E-state index in [1.165, 1.54) is 12.1 Å². The highest BCUT2D eigenvalue weighted by Crippen LogP contribution is 2.29. The van der Waals surface area contributed by atoms with E-state index in [4.69, 9.17) is 11.1 Å². The van der Waals surface area contributed by atoms with Crippen molar-refractivity contribution in [3.8, 4) is 0 Å². The van der Waals surface area contributed by atoms with Gasteiger partial charge < -0.3 is 10.6 Å². The first-order valence-electron chi connectivity index (χ1n) is 5.62. The molecule has 0 aromatic heterocycles. The molecule has 98 valence electrons. The van der Waals surface area contributed by atoms with Crippen molar-refractivity contribution in [3.05, 3.63) is 58.3 Å². The molecule has 0 saturated carbocycles. The fourth-order valence-electron chi connectivity index (χ4n) is 1.81. The molecule has 3 nitrogen and oxygen atoms in total. The number of hydrogen-bond donors (Lipinski definition) is 2. The van der Waals surface area contributed by atoms with Crippen molar-refractivity contribution in [1.29, 1.82) is 5.41 Å². The fraction of sp³-hybridized carbons (Fsp3) is 0.0714. The fourth-order valence-corrected chi connectivity index (χ4v) is 2.16. The van der Waals surface area contributed by atoms with E-state index in [0.717, 1.165) is 15.8 Å². The van der Waals surface area contributed by atoms with E-state index in [2.05, 4.69) is 15.9 Å². The van der Waals surface area contributed by atoms with Crippen LogP contribution in [0.2, 0.25) is 0 Å². The first-order chi connectivity index (χ1) is 8.99. The predicted octanol–water partition coefficient (Wildman–Crippen LogP) is 3.64. The van der Waals surface area contributed by atoms with Gasteiger partial charge in [-0.05, 0) is 42.5 Å². The van der Waals surface area contributed by atoms with Gasteiger partial charge in [-0.15, -0.1) is 0 Å². The van der Waals surface area contributed by atoms with Gasteiger partial charge in [0.25, 0.3) is 0 Å². The van der Waals surface area contributed by atoms with Crippen LogP contribution in [0.25, 0.3) is 0 Å². The smallest absolute Gasteiger partial charge is 0.124 e. The molecule has 0 heterocycles. The minimum absolute atomic E-state index is 0.00328. The van der Waals surface area contributed by atoms with Crippen LogP contribution in [0.4, 0.5) is 15.8 Å². The Morgan fingerprint density at radius 1 is 1.21 bits per heavy atom. The van der Waals surface area contributed by atoms with Gasteiger partial charge in [0.2, 0.25) is 0 Å². The third kappa shape index (κ3) is 2.93. The molecule has 0 aliphatic carbocycles. The zero-order valence-corrected chi connectivity index (χ0v) is 11.9. The van der Waals surface area contributed by atoms with Crippen LogP contribution >= 0.6 is 15.9 Å². The topological polar surface area (TPSA) is 53.1 Å². The van der Waals surface area contributed by atoms with Crippen molar-refractivity contribution in [2.45, 2.75) is 0 Å². The molecular formula is C14H13BrFN3. The normalized spacial score (nSPS) is 10.3. The number of benzene rings is 2. The maximum absolute atomic E-state index is 12.9. The second kappa shape index (κ2) is 5.40. The average molecular weight is 322 g/mol. The Labute approximate surface area is 119 Å². The molecule has 0 spiro atoms. The molecule has 0 unspecified atom stereocenters. The number of anilines is 2. The monoisotopic (exact) mass is 321 g/mol. The van der Waals surface area contributed by atoms with E-state index < -0.39 is 0 Å². The molecule has 0 fully saturated rings. The molecule has 0 amide bonds. The van der Waals surface area contributed by atoms with Crippen LogP contribution in [0.15, 0.2) is 46.9 Å². The van der Waals surface area contributed by atoms with Gasteiger partial charge >= 0.3 is 0 Å². The van der Waals surface area contributed by atoms with Crippen LogP contribution in [0.3, 0.4) is 0 Å². The van der Waals surface area contributed by atoms with Crippen molar-refractivity contribution in [2.75, 3.05) is 11.9 Å². The van der Waals surface area contributed by atoms with Crippen LogP contribution < -0.4 is 10.6 Å². The third-order valence-corrected chi connectivity index (χ3v) is 3.32. The highest BCUT2D eigenvalue weighted by molar-refractivity contribution is 9.10. The maximum Gasteiger partial charge on any atom is 0.124 e. The molecular weight excluding hydrogens is 309 g/mol. The van der Waals surface area contributed by atoms with Crippen molar-refractivity contribution in [1.82, 2.24) is 0 Å². The van der Waals surface area contributed by atoms with Crippen molar-refractivity contribution >= 4 is 33.1 Å². The van der Waals surface area contributed by atoms with E-state index in [1.807, 2.05) is 24.1 Å². The Bertz CT molecular complexity index is 611. The molecule has 0 atom stereocenters. The number of nitrogens with two attached hydrogens (primary N) is 1. The van der Waals surface area contributed by atoms with Gasteiger partial charge in [0.1, 0.15) is 11.7 Å². The van der Waals surface area contributed by atoms with Crippen molar-refractivity contribution < 1.29 is 4.39 Å². The summed E-state index contributed by atoms with van der Waals surface area (Å²) in [5.41, 5.74) is 7.83. The highest BCUT2D eigenvalue weighted by atomic mass is 79.9. The van der Waals surface area contributed by atoms with Gasteiger partial charge in [-0.1, -0.05) is 15.9 Å². The Hall–Kier alpha value is -1.88. The lowest BCUT2D eigenvalue weighted by atomic mass is 10.1. The summed E-state index contributed by atoms with van der Waals surface area (Å²) in [4.78, 5) is 1.86. The molecule has 0 aliphatic heterocycles. The van der Waals surface area contributed by atoms with E-state index in [-0.39, 0.29) is 11.7 Å². The van der Waals surface area contributed by atoms with Crippen LogP contribution in [-0.4, -0.2) is 12.9 Å².